The van der Waals surface area contributed by atoms with E-state index in [2.05, 4.69) is 0 Å². The molecule has 13 N–H and O–H groups in total. The zero-order chi connectivity index (χ0) is 32.5. The lowest BCUT2D eigenvalue weighted by atomic mass is 9.96. The molecule has 0 radical (unpaired) electrons. The minimum atomic E-state index is -1.82. The van der Waals surface area contributed by atoms with Crippen LogP contribution < -0.4 is 0 Å². The lowest BCUT2D eigenvalue weighted by Gasteiger charge is -2.45. The maximum atomic E-state index is 10.6. The van der Waals surface area contributed by atoms with E-state index in [1.165, 1.54) is 0 Å². The fourth-order valence-corrected chi connectivity index (χ4v) is 5.34. The van der Waals surface area contributed by atoms with Crippen molar-refractivity contribution in [1.82, 2.24) is 0 Å². The topological polar surface area (TPSA) is 328 Å². The summed E-state index contributed by atoms with van der Waals surface area (Å²) in [6.45, 7) is -2.94. The van der Waals surface area contributed by atoms with Gasteiger partial charge in [-0.05, 0) is 0 Å². The van der Waals surface area contributed by atoms with E-state index in [0.29, 0.717) is 0 Å². The van der Waals surface area contributed by atoms with Gasteiger partial charge in [0, 0.05) is 0 Å². The summed E-state index contributed by atoms with van der Waals surface area (Å²) in [5.74, 6) is 0. The van der Waals surface area contributed by atoms with Crippen molar-refractivity contribution in [2.75, 3.05) is 33.0 Å². The summed E-state index contributed by atoms with van der Waals surface area (Å²) in [6.07, 6.45) is -30.2. The average molecular weight is 651 g/mol. The Balaban J connectivity index is 1.30. The van der Waals surface area contributed by atoms with Crippen molar-refractivity contribution < 1.29 is 99.5 Å². The largest absolute Gasteiger partial charge is 0.394 e. The molecule has 4 fully saturated rings. The molecule has 0 spiro atoms. The van der Waals surface area contributed by atoms with Crippen molar-refractivity contribution in [2.24, 2.45) is 0 Å². The first-order valence-electron chi connectivity index (χ1n) is 14.0. The van der Waals surface area contributed by atoms with Crippen molar-refractivity contribution in [3.8, 4) is 0 Å². The highest BCUT2D eigenvalue weighted by molar-refractivity contribution is 4.95. The highest BCUT2D eigenvalue weighted by Gasteiger charge is 2.50. The van der Waals surface area contributed by atoms with Crippen molar-refractivity contribution in [1.29, 1.82) is 0 Å². The third-order valence-corrected chi connectivity index (χ3v) is 8.12. The smallest absolute Gasteiger partial charge is 0.186 e. The minimum absolute atomic E-state index is 0.392. The second kappa shape index (κ2) is 15.4. The number of hydrogen-bond acceptors (Lipinski definition) is 20. The van der Waals surface area contributed by atoms with Crippen LogP contribution in [-0.2, 0) is 33.2 Å². The Labute approximate surface area is 249 Å². The molecule has 4 aliphatic rings. The summed E-state index contributed by atoms with van der Waals surface area (Å²) in [4.78, 5) is 0. The Kier molecular flexibility index (Phi) is 12.6. The molecule has 0 saturated carbocycles. The van der Waals surface area contributed by atoms with Gasteiger partial charge in [-0.25, -0.2) is 0 Å². The minimum Gasteiger partial charge on any atom is -0.394 e. The summed E-state index contributed by atoms with van der Waals surface area (Å²) >= 11 is 0. The monoisotopic (exact) mass is 650 g/mol. The van der Waals surface area contributed by atoms with Crippen LogP contribution >= 0.6 is 0 Å². The van der Waals surface area contributed by atoms with Crippen LogP contribution in [0, 0.1) is 0 Å². The average Bonchev–Trinajstić information content (AvgIpc) is 3.01. The number of ether oxygens (including phenoxy) is 7. The first kappa shape index (κ1) is 36.0. The highest BCUT2D eigenvalue weighted by Crippen LogP contribution is 2.29. The second-order valence-corrected chi connectivity index (χ2v) is 11.1. The van der Waals surface area contributed by atoms with Crippen molar-refractivity contribution in [3.63, 3.8) is 0 Å². The van der Waals surface area contributed by atoms with Gasteiger partial charge in [0.2, 0.25) is 0 Å². The molecule has 0 aromatic rings. The molecule has 20 heteroatoms. The van der Waals surface area contributed by atoms with E-state index in [9.17, 15) is 66.4 Å². The Morgan fingerprint density at radius 2 is 0.977 bits per heavy atom. The molecular formula is C24H42O20. The molecule has 19 atom stereocenters. The molecule has 44 heavy (non-hydrogen) atoms. The molecule has 20 nitrogen and oxygen atoms in total. The summed E-state index contributed by atoms with van der Waals surface area (Å²) < 4.78 is 37.6. The van der Waals surface area contributed by atoms with Crippen LogP contribution in [0.5, 0.6) is 0 Å². The number of hydrogen-bond donors (Lipinski definition) is 13. The van der Waals surface area contributed by atoms with E-state index < -0.39 is 150 Å². The quantitative estimate of drug-likeness (QED) is 0.104. The molecule has 0 aromatic heterocycles. The van der Waals surface area contributed by atoms with Gasteiger partial charge in [-0.2, -0.15) is 0 Å². The van der Waals surface area contributed by atoms with Gasteiger partial charge >= 0.3 is 0 Å². The maximum Gasteiger partial charge on any atom is 0.186 e. The molecule has 4 heterocycles. The molecule has 0 bridgehead atoms. The Hall–Kier alpha value is -0.800. The number of rotatable bonds is 10. The summed E-state index contributed by atoms with van der Waals surface area (Å²) in [6, 6.07) is 0. The van der Waals surface area contributed by atoms with Crippen LogP contribution in [0.1, 0.15) is 0 Å². The van der Waals surface area contributed by atoms with Gasteiger partial charge in [0.15, 0.2) is 18.9 Å². The lowest BCUT2D eigenvalue weighted by molar-refractivity contribution is -0.336. The molecule has 4 saturated heterocycles. The van der Waals surface area contributed by atoms with Crippen molar-refractivity contribution >= 4 is 0 Å². The standard InChI is InChI=1S/C24H42O20/c25-1-6-11(27)15(31)19(35)23(43-6)40-5-10-14(30)16(32)20(36)24(44-10)39-3-8-12(28)13(29)9(4-38-8)41-21-7(2-26)42-22(37)18(34)17(21)33/h6-37H,1-5H2/t6-,7-,8-,9+,10-,11-,12-,13-,14-,15+,16+,17-,18-,19-,20-,21-,22+,23+,24+/m1/s1. The SMILES string of the molecule is OC[C@H]1O[C@H](OC[C@H]2O[C@H](OC[C@H]3OC[C@H](O[C@H]4[C@H](O)[C@@H](O)[C@@H](O)O[C@@H]4CO)[C@@H](O)[C@@H]3O)[C@H](O)[C@@H](O)[C@@H]2O)[C@H](O)[C@@H](O)[C@@H]1O. The van der Waals surface area contributed by atoms with Gasteiger partial charge in [0.25, 0.3) is 0 Å². The number of aliphatic hydroxyl groups is 13. The van der Waals surface area contributed by atoms with Gasteiger partial charge in [0.1, 0.15) is 97.7 Å². The Morgan fingerprint density at radius 3 is 1.55 bits per heavy atom. The fourth-order valence-electron chi connectivity index (χ4n) is 5.34. The Bertz CT molecular complexity index is 883. The van der Waals surface area contributed by atoms with Gasteiger partial charge in [-0.3, -0.25) is 0 Å². The summed E-state index contributed by atoms with van der Waals surface area (Å²) in [5.41, 5.74) is 0. The van der Waals surface area contributed by atoms with Gasteiger partial charge in [-0.15, -0.1) is 0 Å². The van der Waals surface area contributed by atoms with Crippen LogP contribution in [0.4, 0.5) is 0 Å². The molecule has 4 rings (SSSR count). The van der Waals surface area contributed by atoms with E-state index in [-0.39, 0.29) is 0 Å². The maximum absolute atomic E-state index is 10.6. The first-order chi connectivity index (χ1) is 20.8. The van der Waals surface area contributed by atoms with Crippen molar-refractivity contribution in [2.45, 2.75) is 117 Å². The van der Waals surface area contributed by atoms with Gasteiger partial charge in [0.05, 0.1) is 33.0 Å². The highest BCUT2D eigenvalue weighted by atomic mass is 16.7. The predicted molar refractivity (Wildman–Crippen MR) is 133 cm³/mol. The van der Waals surface area contributed by atoms with Crippen LogP contribution in [0.3, 0.4) is 0 Å². The van der Waals surface area contributed by atoms with Crippen LogP contribution in [0.25, 0.3) is 0 Å². The zero-order valence-electron chi connectivity index (χ0n) is 23.2. The third-order valence-electron chi connectivity index (χ3n) is 8.12. The molecule has 0 unspecified atom stereocenters. The third kappa shape index (κ3) is 7.50. The summed E-state index contributed by atoms with van der Waals surface area (Å²) in [5, 5.41) is 131. The van der Waals surface area contributed by atoms with E-state index >= 15 is 0 Å². The molecular weight excluding hydrogens is 608 g/mol. The van der Waals surface area contributed by atoms with Gasteiger partial charge < -0.3 is 99.5 Å². The van der Waals surface area contributed by atoms with E-state index in [1.807, 2.05) is 0 Å². The van der Waals surface area contributed by atoms with E-state index in [4.69, 9.17) is 33.2 Å². The van der Waals surface area contributed by atoms with Crippen LogP contribution in [0.15, 0.2) is 0 Å². The predicted octanol–water partition coefficient (Wildman–Crippen LogP) is -9.07. The van der Waals surface area contributed by atoms with Crippen LogP contribution in [0.2, 0.25) is 0 Å². The van der Waals surface area contributed by atoms with E-state index in [1.54, 1.807) is 0 Å². The van der Waals surface area contributed by atoms with Crippen LogP contribution in [-0.4, -0.2) is 216 Å². The van der Waals surface area contributed by atoms with Gasteiger partial charge in [-0.1, -0.05) is 0 Å². The normalized spacial score (nSPS) is 52.2. The Morgan fingerprint density at radius 1 is 0.477 bits per heavy atom. The van der Waals surface area contributed by atoms with Crippen molar-refractivity contribution in [3.05, 3.63) is 0 Å². The second-order valence-electron chi connectivity index (χ2n) is 11.1. The lowest BCUT2D eigenvalue weighted by Crippen LogP contribution is -2.63. The molecule has 0 aliphatic carbocycles. The molecule has 4 aliphatic heterocycles. The molecule has 258 valence electrons. The first-order valence-corrected chi connectivity index (χ1v) is 14.0. The number of aliphatic hydroxyl groups excluding tert-OH is 13. The zero-order valence-corrected chi connectivity index (χ0v) is 23.2. The van der Waals surface area contributed by atoms with E-state index in [0.717, 1.165) is 0 Å². The molecule has 0 amide bonds. The molecule has 0 aromatic carbocycles. The summed E-state index contributed by atoms with van der Waals surface area (Å²) in [7, 11) is 0. The fraction of sp³-hybridized carbons (Fsp3) is 1.00.